The summed E-state index contributed by atoms with van der Waals surface area (Å²) in [4.78, 5) is 21.2. The molecule has 17 heavy (non-hydrogen) atoms. The quantitative estimate of drug-likeness (QED) is 0.732. The first-order valence-corrected chi connectivity index (χ1v) is 5.22. The molecule has 0 atom stereocenters. The molecule has 2 aromatic carbocycles. The van der Waals surface area contributed by atoms with Crippen molar-refractivity contribution in [1.29, 1.82) is 0 Å². The number of hydrogen-bond acceptors (Lipinski definition) is 2. The van der Waals surface area contributed by atoms with Crippen LogP contribution in [0, 0.1) is 0 Å². The zero-order valence-corrected chi connectivity index (χ0v) is 9.36. The zero-order valence-electron chi connectivity index (χ0n) is 9.36. The molecule has 2 rings (SSSR count). The lowest BCUT2D eigenvalue weighted by molar-refractivity contribution is 0.569. The fourth-order valence-electron chi connectivity index (χ4n) is 1.91. The van der Waals surface area contributed by atoms with Crippen LogP contribution in [0.1, 0.15) is 18.1 Å². The molecule has 0 aliphatic heterocycles. The standard InChI is InChI=1S/C15H10O2/c1-11(10-17)13-5-3-6-14-12(8-9-16)4-2-7-15(13)14/h2-8H,1H3. The minimum absolute atomic E-state index is 0.558. The van der Waals surface area contributed by atoms with Crippen molar-refractivity contribution >= 4 is 34.3 Å². The van der Waals surface area contributed by atoms with Gasteiger partial charge in [-0.1, -0.05) is 36.4 Å². The van der Waals surface area contributed by atoms with Gasteiger partial charge in [0.15, 0.2) is 0 Å². The number of carbonyl (C=O) groups excluding carboxylic acids is 2. The molecule has 0 fully saturated rings. The highest BCUT2D eigenvalue weighted by Crippen LogP contribution is 2.26. The molecule has 82 valence electrons. The average Bonchev–Trinajstić information content (AvgIpc) is 2.38. The van der Waals surface area contributed by atoms with Crippen molar-refractivity contribution in [3.05, 3.63) is 47.5 Å². The zero-order chi connectivity index (χ0) is 12.3. The molecule has 2 heteroatoms. The molecule has 0 aromatic heterocycles. The van der Waals surface area contributed by atoms with Gasteiger partial charge >= 0.3 is 0 Å². The maximum absolute atomic E-state index is 10.7. The van der Waals surface area contributed by atoms with Gasteiger partial charge in [-0.25, -0.2) is 9.59 Å². The van der Waals surface area contributed by atoms with E-state index in [-0.39, 0.29) is 0 Å². The smallest absolute Gasteiger partial charge is 0.128 e. The summed E-state index contributed by atoms with van der Waals surface area (Å²) in [5.74, 6) is 3.68. The Balaban J connectivity index is 2.87. The van der Waals surface area contributed by atoms with Gasteiger partial charge in [0.05, 0.1) is 0 Å². The average molecular weight is 222 g/mol. The van der Waals surface area contributed by atoms with E-state index >= 15 is 0 Å². The van der Waals surface area contributed by atoms with Crippen molar-refractivity contribution in [1.82, 2.24) is 0 Å². The second-order valence-corrected chi connectivity index (χ2v) is 3.74. The van der Waals surface area contributed by atoms with Crippen molar-refractivity contribution < 1.29 is 9.59 Å². The van der Waals surface area contributed by atoms with Gasteiger partial charge in [-0.15, -0.1) is 0 Å². The lowest BCUT2D eigenvalue weighted by atomic mass is 9.97. The van der Waals surface area contributed by atoms with E-state index in [0.717, 1.165) is 21.9 Å². The molecule has 0 aliphatic carbocycles. The van der Waals surface area contributed by atoms with Crippen LogP contribution in [0.5, 0.6) is 0 Å². The lowest BCUT2D eigenvalue weighted by Gasteiger charge is -2.06. The Morgan fingerprint density at radius 3 is 2.47 bits per heavy atom. The molecule has 0 spiro atoms. The van der Waals surface area contributed by atoms with E-state index in [1.54, 1.807) is 12.9 Å². The summed E-state index contributed by atoms with van der Waals surface area (Å²) in [6.07, 6.45) is 1.39. The van der Waals surface area contributed by atoms with Crippen molar-refractivity contribution in [2.75, 3.05) is 0 Å². The van der Waals surface area contributed by atoms with Crippen molar-refractivity contribution in [3.8, 4) is 0 Å². The van der Waals surface area contributed by atoms with E-state index in [1.807, 2.05) is 42.3 Å². The van der Waals surface area contributed by atoms with E-state index in [9.17, 15) is 9.59 Å². The largest absolute Gasteiger partial charge is 0.233 e. The second kappa shape index (κ2) is 4.63. The van der Waals surface area contributed by atoms with Gasteiger partial charge in [-0.05, 0) is 28.8 Å². The monoisotopic (exact) mass is 222 g/mol. The SMILES string of the molecule is CC(=C=O)c1cccc2c(C=C=O)cccc12. The first kappa shape index (κ1) is 11.1. The predicted molar refractivity (Wildman–Crippen MR) is 68.9 cm³/mol. The van der Waals surface area contributed by atoms with Gasteiger partial charge in [0.25, 0.3) is 0 Å². The number of fused-ring (bicyclic) bond motifs is 1. The van der Waals surface area contributed by atoms with E-state index in [1.165, 1.54) is 6.08 Å². The Labute approximate surface area is 98.9 Å². The molecule has 0 amide bonds. The van der Waals surface area contributed by atoms with Crippen LogP contribution in [0.25, 0.3) is 22.4 Å². The Morgan fingerprint density at radius 2 is 1.76 bits per heavy atom. The molecule has 0 radical (unpaired) electrons. The van der Waals surface area contributed by atoms with Crippen molar-refractivity contribution in [2.24, 2.45) is 0 Å². The molecule has 0 unspecified atom stereocenters. The van der Waals surface area contributed by atoms with Gasteiger partial charge in [0, 0.05) is 11.6 Å². The Kier molecular flexibility index (Phi) is 3.02. The molecule has 0 N–H and O–H groups in total. The summed E-state index contributed by atoms with van der Waals surface area (Å²) in [5.41, 5.74) is 2.21. The summed E-state index contributed by atoms with van der Waals surface area (Å²) in [7, 11) is 0. The minimum atomic E-state index is 0.558. The summed E-state index contributed by atoms with van der Waals surface area (Å²) in [6, 6.07) is 11.3. The first-order chi connectivity index (χ1) is 8.27. The van der Waals surface area contributed by atoms with Gasteiger partial charge in [-0.2, -0.15) is 0 Å². The minimum Gasteiger partial charge on any atom is -0.233 e. The topological polar surface area (TPSA) is 34.1 Å². The first-order valence-electron chi connectivity index (χ1n) is 5.22. The van der Waals surface area contributed by atoms with Crippen LogP contribution in [0.15, 0.2) is 36.4 Å². The third-order valence-corrected chi connectivity index (χ3v) is 2.73. The van der Waals surface area contributed by atoms with Crippen LogP contribution in [-0.4, -0.2) is 11.9 Å². The molecule has 2 nitrogen and oxygen atoms in total. The van der Waals surface area contributed by atoms with Crippen LogP contribution in [0.4, 0.5) is 0 Å². The molecular formula is C15H10O2. The van der Waals surface area contributed by atoms with Gasteiger partial charge in [0.1, 0.15) is 11.9 Å². The number of rotatable bonds is 2. The fourth-order valence-corrected chi connectivity index (χ4v) is 1.91. The highest BCUT2D eigenvalue weighted by molar-refractivity contribution is 6.03. The Hall–Kier alpha value is -2.40. The van der Waals surface area contributed by atoms with E-state index < -0.39 is 0 Å². The Bertz CT molecular complexity index is 670. The summed E-state index contributed by atoms with van der Waals surface area (Å²) >= 11 is 0. The summed E-state index contributed by atoms with van der Waals surface area (Å²) in [5, 5.41) is 1.88. The number of hydrogen-bond donors (Lipinski definition) is 0. The summed E-state index contributed by atoms with van der Waals surface area (Å²) in [6.45, 7) is 1.73. The van der Waals surface area contributed by atoms with E-state index in [4.69, 9.17) is 0 Å². The van der Waals surface area contributed by atoms with Crippen LogP contribution < -0.4 is 0 Å². The lowest BCUT2D eigenvalue weighted by Crippen LogP contribution is -1.86. The highest BCUT2D eigenvalue weighted by Gasteiger charge is 2.05. The predicted octanol–water partition coefficient (Wildman–Crippen LogP) is 2.92. The normalized spacial score (nSPS) is 9.47. The third kappa shape index (κ3) is 1.95. The molecule has 0 bridgehead atoms. The number of benzene rings is 2. The highest BCUT2D eigenvalue weighted by atomic mass is 16.1. The number of allylic oxidation sites excluding steroid dienone is 1. The van der Waals surface area contributed by atoms with Crippen molar-refractivity contribution in [3.63, 3.8) is 0 Å². The molecule has 0 heterocycles. The molecule has 0 saturated carbocycles. The van der Waals surface area contributed by atoms with Gasteiger partial charge < -0.3 is 0 Å². The van der Waals surface area contributed by atoms with Crippen LogP contribution in [0.2, 0.25) is 0 Å². The molecule has 0 saturated heterocycles. The fraction of sp³-hybridized carbons (Fsp3) is 0.0667. The molecular weight excluding hydrogens is 212 g/mol. The van der Waals surface area contributed by atoms with Crippen LogP contribution >= 0.6 is 0 Å². The Morgan fingerprint density at radius 1 is 1.06 bits per heavy atom. The van der Waals surface area contributed by atoms with Crippen LogP contribution in [0.3, 0.4) is 0 Å². The summed E-state index contributed by atoms with van der Waals surface area (Å²) < 4.78 is 0. The molecule has 2 aromatic rings. The van der Waals surface area contributed by atoms with E-state index in [2.05, 4.69) is 0 Å². The maximum Gasteiger partial charge on any atom is 0.128 e. The van der Waals surface area contributed by atoms with Crippen molar-refractivity contribution in [2.45, 2.75) is 6.92 Å². The van der Waals surface area contributed by atoms with Gasteiger partial charge in [-0.3, -0.25) is 0 Å². The van der Waals surface area contributed by atoms with Gasteiger partial charge in [0.2, 0.25) is 0 Å². The van der Waals surface area contributed by atoms with E-state index in [0.29, 0.717) is 5.57 Å². The maximum atomic E-state index is 10.7. The molecule has 0 aliphatic rings. The third-order valence-electron chi connectivity index (χ3n) is 2.73. The van der Waals surface area contributed by atoms with Crippen LogP contribution in [-0.2, 0) is 9.59 Å². The second-order valence-electron chi connectivity index (χ2n) is 3.74.